The van der Waals surface area contributed by atoms with Gasteiger partial charge >= 0.3 is 0 Å². The molecule has 3 saturated heterocycles. The second-order valence-electron chi connectivity index (χ2n) is 8.95. The molecule has 0 bridgehead atoms. The summed E-state index contributed by atoms with van der Waals surface area (Å²) in [5.74, 6) is 0.626. The van der Waals surface area contributed by atoms with E-state index >= 15 is 0 Å². The van der Waals surface area contributed by atoms with Crippen molar-refractivity contribution in [2.75, 3.05) is 46.5 Å². The van der Waals surface area contributed by atoms with E-state index in [2.05, 4.69) is 26.7 Å². The van der Waals surface area contributed by atoms with Crippen molar-refractivity contribution < 1.29 is 18.3 Å². The highest BCUT2D eigenvalue weighted by molar-refractivity contribution is 6.29. The number of amidine groups is 1. The third-order valence-corrected chi connectivity index (χ3v) is 6.74. The van der Waals surface area contributed by atoms with Gasteiger partial charge < -0.3 is 14.4 Å². The minimum Gasteiger partial charge on any atom is -0.481 e. The van der Waals surface area contributed by atoms with Crippen LogP contribution in [0.4, 0.5) is 8.78 Å². The van der Waals surface area contributed by atoms with Crippen LogP contribution in [0.15, 0.2) is 23.1 Å². The van der Waals surface area contributed by atoms with Crippen LogP contribution in [-0.4, -0.2) is 79.3 Å². The summed E-state index contributed by atoms with van der Waals surface area (Å²) < 4.78 is 37.8. The van der Waals surface area contributed by atoms with E-state index in [1.54, 1.807) is 20.2 Å². The SMILES string of the molecule is CCC/C=C(/N=C(\c1cnc(Cl)c(F)c1C)N1CCCOCC1)OC.FC1CC2CCCN2C1. The van der Waals surface area contributed by atoms with Crippen molar-refractivity contribution in [1.29, 1.82) is 0 Å². The Balaban J connectivity index is 0.000000296. The van der Waals surface area contributed by atoms with E-state index in [4.69, 9.17) is 21.1 Å². The summed E-state index contributed by atoms with van der Waals surface area (Å²) in [5, 5.41) is -0.131. The van der Waals surface area contributed by atoms with E-state index < -0.39 is 12.0 Å². The average molecular weight is 499 g/mol. The Hall–Kier alpha value is -1.77. The molecule has 0 saturated carbocycles. The zero-order valence-corrected chi connectivity index (χ0v) is 21.3. The average Bonchev–Trinajstić information content (AvgIpc) is 3.29. The largest absolute Gasteiger partial charge is 0.481 e. The van der Waals surface area contributed by atoms with Crippen LogP contribution >= 0.6 is 11.6 Å². The van der Waals surface area contributed by atoms with Gasteiger partial charge in [-0.15, -0.1) is 0 Å². The lowest BCUT2D eigenvalue weighted by Gasteiger charge is -2.25. The first-order valence-electron chi connectivity index (χ1n) is 12.3. The van der Waals surface area contributed by atoms with Gasteiger partial charge in [-0.05, 0) is 51.6 Å². The molecule has 34 heavy (non-hydrogen) atoms. The molecule has 0 aliphatic carbocycles. The van der Waals surface area contributed by atoms with Crippen molar-refractivity contribution in [3.05, 3.63) is 40.3 Å². The fraction of sp³-hybridized carbons (Fsp3) is 0.680. The number of hydrogen-bond acceptors (Lipinski definition) is 5. The Labute approximate surface area is 207 Å². The van der Waals surface area contributed by atoms with Crippen molar-refractivity contribution >= 4 is 17.4 Å². The molecule has 0 amide bonds. The molecule has 2 atom stereocenters. The van der Waals surface area contributed by atoms with Gasteiger partial charge in [0.1, 0.15) is 12.0 Å². The lowest BCUT2D eigenvalue weighted by atomic mass is 10.1. The normalized spacial score (nSPS) is 23.9. The van der Waals surface area contributed by atoms with Crippen LogP contribution in [0.3, 0.4) is 0 Å². The Morgan fingerprint density at radius 3 is 2.88 bits per heavy atom. The monoisotopic (exact) mass is 498 g/mol. The molecular weight excluding hydrogens is 462 g/mol. The predicted octanol–water partition coefficient (Wildman–Crippen LogP) is 5.13. The van der Waals surface area contributed by atoms with E-state index in [0.29, 0.717) is 55.2 Å². The number of nitrogens with zero attached hydrogens (tertiary/aromatic N) is 4. The highest BCUT2D eigenvalue weighted by atomic mass is 35.5. The Morgan fingerprint density at radius 2 is 2.15 bits per heavy atom. The topological polar surface area (TPSA) is 50.2 Å². The number of aromatic nitrogens is 1. The minimum absolute atomic E-state index is 0.131. The van der Waals surface area contributed by atoms with Crippen LogP contribution in [-0.2, 0) is 9.47 Å². The molecule has 0 spiro atoms. The molecule has 4 rings (SSSR count). The number of alkyl halides is 1. The molecule has 6 nitrogen and oxygen atoms in total. The quantitative estimate of drug-likeness (QED) is 0.244. The molecule has 1 aromatic heterocycles. The van der Waals surface area contributed by atoms with Crippen molar-refractivity contribution in [2.45, 2.75) is 64.6 Å². The molecule has 3 aliphatic heterocycles. The number of aliphatic imine (C=N–C) groups is 1. The van der Waals surface area contributed by atoms with Crippen molar-refractivity contribution in [3.8, 4) is 0 Å². The van der Waals surface area contributed by atoms with Gasteiger partial charge in [0, 0.05) is 49.6 Å². The van der Waals surface area contributed by atoms with Gasteiger partial charge in [-0.1, -0.05) is 24.9 Å². The summed E-state index contributed by atoms with van der Waals surface area (Å²) in [4.78, 5) is 13.0. The second-order valence-corrected chi connectivity index (χ2v) is 9.31. The summed E-state index contributed by atoms with van der Waals surface area (Å²) in [6, 6.07) is 0.611. The molecule has 3 aliphatic rings. The predicted molar refractivity (Wildman–Crippen MR) is 132 cm³/mol. The van der Waals surface area contributed by atoms with E-state index in [1.807, 2.05) is 6.08 Å². The minimum atomic E-state index is -0.519. The molecule has 0 radical (unpaired) electrons. The van der Waals surface area contributed by atoms with Crippen LogP contribution in [0.25, 0.3) is 0 Å². The maximum Gasteiger partial charge on any atom is 0.210 e. The maximum absolute atomic E-state index is 14.3. The molecule has 0 aromatic carbocycles. The molecule has 9 heteroatoms. The first-order valence-corrected chi connectivity index (χ1v) is 12.7. The smallest absolute Gasteiger partial charge is 0.210 e. The van der Waals surface area contributed by atoms with Crippen molar-refractivity contribution in [2.24, 2.45) is 4.99 Å². The third-order valence-electron chi connectivity index (χ3n) is 6.48. The Kier molecular flexibility index (Phi) is 10.5. The molecular formula is C25H37ClF2N4O2. The number of methoxy groups -OCH3 is 1. The number of unbranched alkanes of at least 4 members (excludes halogenated alkanes) is 1. The highest BCUT2D eigenvalue weighted by Crippen LogP contribution is 2.28. The number of halogens is 3. The van der Waals surface area contributed by atoms with Crippen LogP contribution in [0, 0.1) is 12.7 Å². The van der Waals surface area contributed by atoms with Gasteiger partial charge in [-0.3, -0.25) is 4.90 Å². The summed E-state index contributed by atoms with van der Waals surface area (Å²) in [6.07, 6.45) is 9.04. The zero-order valence-electron chi connectivity index (χ0n) is 20.5. The molecule has 0 N–H and O–H groups in total. The Bertz CT molecular complexity index is 848. The number of allylic oxidation sites excluding steroid dienone is 1. The number of rotatable bonds is 5. The lowest BCUT2D eigenvalue weighted by Crippen LogP contribution is -2.35. The number of ether oxygens (including phenoxy) is 2. The zero-order chi connectivity index (χ0) is 24.5. The first-order chi connectivity index (χ1) is 16.4. The van der Waals surface area contributed by atoms with E-state index in [1.165, 1.54) is 12.8 Å². The summed E-state index contributed by atoms with van der Waals surface area (Å²) in [7, 11) is 1.59. The Morgan fingerprint density at radius 1 is 1.32 bits per heavy atom. The van der Waals surface area contributed by atoms with E-state index in [-0.39, 0.29) is 5.15 Å². The van der Waals surface area contributed by atoms with Gasteiger partial charge in [0.25, 0.3) is 0 Å². The van der Waals surface area contributed by atoms with Crippen molar-refractivity contribution in [1.82, 2.24) is 14.8 Å². The molecule has 3 fully saturated rings. The van der Waals surface area contributed by atoms with Crippen LogP contribution < -0.4 is 0 Å². The molecule has 2 unspecified atom stereocenters. The highest BCUT2D eigenvalue weighted by Gasteiger charge is 2.34. The second kappa shape index (κ2) is 13.4. The summed E-state index contributed by atoms with van der Waals surface area (Å²) in [5.41, 5.74) is 1.04. The van der Waals surface area contributed by atoms with Crippen LogP contribution in [0.2, 0.25) is 5.15 Å². The van der Waals surface area contributed by atoms with Crippen LogP contribution in [0.1, 0.15) is 56.6 Å². The summed E-state index contributed by atoms with van der Waals surface area (Å²) in [6.45, 7) is 8.38. The van der Waals surface area contributed by atoms with Gasteiger partial charge in [0.15, 0.2) is 11.0 Å². The number of pyridine rings is 1. The van der Waals surface area contributed by atoms with E-state index in [9.17, 15) is 8.78 Å². The molecule has 190 valence electrons. The number of fused-ring (bicyclic) bond motifs is 1. The van der Waals surface area contributed by atoms with E-state index in [0.717, 1.165) is 38.8 Å². The summed E-state index contributed by atoms with van der Waals surface area (Å²) >= 11 is 5.81. The standard InChI is InChI=1S/C18H25ClFN3O2.C7H12FN/c1-4-5-7-15(24-3)22-18(23-8-6-10-25-11-9-23)14-12-21-17(19)16(20)13(14)2;8-6-4-7-2-1-3-9(7)5-6/h7,12H,4-6,8-11H2,1-3H3;6-7H,1-5H2/b15-7-,22-18+;. The van der Waals surface area contributed by atoms with Gasteiger partial charge in [-0.25, -0.2) is 13.8 Å². The molecule has 1 aromatic rings. The van der Waals surface area contributed by atoms with Gasteiger partial charge in [0.05, 0.1) is 13.7 Å². The van der Waals surface area contributed by atoms with Crippen molar-refractivity contribution in [3.63, 3.8) is 0 Å². The molecule has 4 heterocycles. The fourth-order valence-electron chi connectivity index (χ4n) is 4.61. The lowest BCUT2D eigenvalue weighted by molar-refractivity contribution is 0.147. The fourth-order valence-corrected chi connectivity index (χ4v) is 4.80. The number of hydrogen-bond donors (Lipinski definition) is 0. The van der Waals surface area contributed by atoms with Crippen LogP contribution in [0.5, 0.6) is 0 Å². The maximum atomic E-state index is 14.3. The third kappa shape index (κ3) is 7.12. The van der Waals surface area contributed by atoms with Gasteiger partial charge in [-0.2, -0.15) is 4.99 Å². The first kappa shape index (κ1) is 26.8. The van der Waals surface area contributed by atoms with Gasteiger partial charge in [0.2, 0.25) is 5.88 Å².